The van der Waals surface area contributed by atoms with Gasteiger partial charge < -0.3 is 14.9 Å². The molecule has 0 saturated heterocycles. The SMILES string of the molecule is CC(C)(O)c1ccc2nc(NC(=O)C[C@](C)(O)c3ccccc3)n(-c3ccc(OC(F)(F)F)cc3)c2n1. The van der Waals surface area contributed by atoms with E-state index >= 15 is 0 Å². The first kappa shape index (κ1) is 26.1. The van der Waals surface area contributed by atoms with E-state index in [0.717, 1.165) is 12.1 Å². The summed E-state index contributed by atoms with van der Waals surface area (Å²) >= 11 is 0. The highest BCUT2D eigenvalue weighted by Gasteiger charge is 2.31. The molecule has 0 unspecified atom stereocenters. The number of benzene rings is 2. The van der Waals surface area contributed by atoms with E-state index in [1.807, 2.05) is 0 Å². The van der Waals surface area contributed by atoms with E-state index in [1.54, 1.807) is 56.3 Å². The molecule has 8 nitrogen and oxygen atoms in total. The lowest BCUT2D eigenvalue weighted by molar-refractivity contribution is -0.274. The van der Waals surface area contributed by atoms with Gasteiger partial charge in [-0.25, -0.2) is 9.97 Å². The van der Waals surface area contributed by atoms with E-state index in [9.17, 15) is 28.2 Å². The van der Waals surface area contributed by atoms with Crippen molar-refractivity contribution in [3.05, 3.63) is 78.0 Å². The Morgan fingerprint density at radius 1 is 0.946 bits per heavy atom. The number of ether oxygens (including phenoxy) is 1. The summed E-state index contributed by atoms with van der Waals surface area (Å²) in [6, 6.07) is 16.9. The Morgan fingerprint density at radius 3 is 2.19 bits per heavy atom. The van der Waals surface area contributed by atoms with Gasteiger partial charge in [-0.1, -0.05) is 30.3 Å². The Hall–Kier alpha value is -3.96. The summed E-state index contributed by atoms with van der Waals surface area (Å²) in [6.45, 7) is 4.63. The van der Waals surface area contributed by atoms with Crippen LogP contribution in [-0.4, -0.2) is 37.0 Å². The highest BCUT2D eigenvalue weighted by molar-refractivity contribution is 5.92. The summed E-state index contributed by atoms with van der Waals surface area (Å²) in [4.78, 5) is 21.9. The minimum atomic E-state index is -4.85. The van der Waals surface area contributed by atoms with Gasteiger partial charge in [-0.15, -0.1) is 13.2 Å². The molecule has 37 heavy (non-hydrogen) atoms. The molecule has 0 aliphatic rings. The molecular weight excluding hydrogens is 489 g/mol. The second-order valence-corrected chi connectivity index (χ2v) is 9.28. The van der Waals surface area contributed by atoms with Crippen molar-refractivity contribution in [1.29, 1.82) is 0 Å². The Balaban J connectivity index is 1.73. The molecule has 194 valence electrons. The molecule has 0 aliphatic carbocycles. The van der Waals surface area contributed by atoms with Crippen LogP contribution in [0.3, 0.4) is 0 Å². The van der Waals surface area contributed by atoms with Gasteiger partial charge in [0.1, 0.15) is 16.9 Å². The second kappa shape index (κ2) is 9.49. The molecule has 1 amide bonds. The number of nitrogens with one attached hydrogen (secondary N) is 1. The summed E-state index contributed by atoms with van der Waals surface area (Å²) in [5.74, 6) is -0.936. The van der Waals surface area contributed by atoms with E-state index < -0.39 is 29.2 Å². The summed E-state index contributed by atoms with van der Waals surface area (Å²) in [5, 5.41) is 24.0. The lowest BCUT2D eigenvalue weighted by Crippen LogP contribution is -2.29. The fourth-order valence-corrected chi connectivity index (χ4v) is 3.80. The smallest absolute Gasteiger partial charge is 0.406 e. The highest BCUT2D eigenvalue weighted by atomic mass is 19.4. The van der Waals surface area contributed by atoms with Crippen LogP contribution in [0.2, 0.25) is 0 Å². The number of nitrogens with zero attached hydrogens (tertiary/aromatic N) is 3. The molecular formula is C26H25F3N4O4. The Kier molecular flexibility index (Phi) is 6.70. The number of halogens is 3. The normalized spacial score (nSPS) is 13.8. The predicted octanol–water partition coefficient (Wildman–Crippen LogP) is 4.78. The number of carbonyl (C=O) groups is 1. The van der Waals surface area contributed by atoms with Crippen LogP contribution in [0.25, 0.3) is 16.9 Å². The molecule has 2 aromatic heterocycles. The summed E-state index contributed by atoms with van der Waals surface area (Å²) in [6.07, 6.45) is -5.14. The monoisotopic (exact) mass is 514 g/mol. The minimum Gasteiger partial charge on any atom is -0.406 e. The Bertz CT molecular complexity index is 1410. The van der Waals surface area contributed by atoms with Gasteiger partial charge in [0, 0.05) is 0 Å². The molecule has 3 N–H and O–H groups in total. The van der Waals surface area contributed by atoms with Crippen molar-refractivity contribution in [2.24, 2.45) is 0 Å². The van der Waals surface area contributed by atoms with Crippen molar-refractivity contribution >= 4 is 23.0 Å². The summed E-state index contributed by atoms with van der Waals surface area (Å²) in [7, 11) is 0. The van der Waals surface area contributed by atoms with Crippen LogP contribution in [0.4, 0.5) is 19.1 Å². The van der Waals surface area contributed by atoms with Crippen LogP contribution in [0.5, 0.6) is 5.75 Å². The quantitative estimate of drug-likeness (QED) is 0.327. The fourth-order valence-electron chi connectivity index (χ4n) is 3.80. The van der Waals surface area contributed by atoms with Crippen LogP contribution >= 0.6 is 0 Å². The number of hydrogen-bond acceptors (Lipinski definition) is 6. The van der Waals surface area contributed by atoms with Crippen molar-refractivity contribution in [3.8, 4) is 11.4 Å². The van der Waals surface area contributed by atoms with E-state index in [1.165, 1.54) is 23.6 Å². The van der Waals surface area contributed by atoms with Crippen LogP contribution in [-0.2, 0) is 16.0 Å². The molecule has 0 bridgehead atoms. The number of rotatable bonds is 7. The highest BCUT2D eigenvalue weighted by Crippen LogP contribution is 2.30. The largest absolute Gasteiger partial charge is 0.573 e. The van der Waals surface area contributed by atoms with Gasteiger partial charge in [0.2, 0.25) is 11.9 Å². The maximum atomic E-state index is 13.0. The number of pyridine rings is 1. The summed E-state index contributed by atoms with van der Waals surface area (Å²) < 4.78 is 43.2. The summed E-state index contributed by atoms with van der Waals surface area (Å²) in [5.41, 5.74) is -0.916. The van der Waals surface area contributed by atoms with Gasteiger partial charge in [0.25, 0.3) is 0 Å². The van der Waals surface area contributed by atoms with Crippen molar-refractivity contribution in [2.45, 2.75) is 44.8 Å². The molecule has 0 spiro atoms. The average Bonchev–Trinajstić information content (AvgIpc) is 3.15. The molecule has 4 rings (SSSR count). The van der Waals surface area contributed by atoms with Crippen LogP contribution < -0.4 is 10.1 Å². The number of hydrogen-bond donors (Lipinski definition) is 3. The fraction of sp³-hybridized carbons (Fsp3) is 0.269. The van der Waals surface area contributed by atoms with Crippen LogP contribution in [0.15, 0.2) is 66.7 Å². The molecule has 0 aliphatic heterocycles. The third-order valence-electron chi connectivity index (χ3n) is 5.61. The first-order valence-corrected chi connectivity index (χ1v) is 11.3. The number of imidazole rings is 1. The minimum absolute atomic E-state index is 0.0359. The number of aromatic nitrogens is 3. The first-order chi connectivity index (χ1) is 17.2. The second-order valence-electron chi connectivity index (χ2n) is 9.28. The van der Waals surface area contributed by atoms with E-state index in [0.29, 0.717) is 22.5 Å². The molecule has 11 heteroatoms. The number of aliphatic hydroxyl groups is 2. The topological polar surface area (TPSA) is 110 Å². The Labute approximate surface area is 210 Å². The number of alkyl halides is 3. The molecule has 0 fully saturated rings. The number of fused-ring (bicyclic) bond motifs is 1. The van der Waals surface area contributed by atoms with Gasteiger partial charge in [-0.2, -0.15) is 0 Å². The van der Waals surface area contributed by atoms with Crippen LogP contribution in [0.1, 0.15) is 38.4 Å². The lowest BCUT2D eigenvalue weighted by atomic mass is 9.92. The standard InChI is InChI=1S/C26H25F3N4O4/c1-24(2,35)20-14-13-19-22(31-20)33(17-9-11-18(12-10-17)37-26(27,28)29)23(30-19)32-21(34)15-25(3,36)16-7-5-4-6-8-16/h4-14,35-36H,15H2,1-3H3,(H,30,32,34)/t25-/m0/s1. The van der Waals surface area contributed by atoms with E-state index in [2.05, 4.69) is 20.0 Å². The van der Waals surface area contributed by atoms with Crippen molar-refractivity contribution < 1.29 is 32.9 Å². The van der Waals surface area contributed by atoms with E-state index in [4.69, 9.17) is 0 Å². The number of carbonyl (C=O) groups excluding carboxylic acids is 1. The van der Waals surface area contributed by atoms with Gasteiger partial charge in [0.15, 0.2) is 5.65 Å². The van der Waals surface area contributed by atoms with Gasteiger partial charge in [-0.05, 0) is 62.7 Å². The molecule has 4 aromatic rings. The maximum absolute atomic E-state index is 13.0. The zero-order valence-corrected chi connectivity index (χ0v) is 20.2. The Morgan fingerprint density at radius 2 is 1.59 bits per heavy atom. The van der Waals surface area contributed by atoms with Crippen LogP contribution in [0, 0.1) is 0 Å². The third kappa shape index (κ3) is 6.07. The molecule has 1 atom stereocenters. The third-order valence-corrected chi connectivity index (χ3v) is 5.61. The average molecular weight is 515 g/mol. The zero-order valence-electron chi connectivity index (χ0n) is 20.2. The first-order valence-electron chi connectivity index (χ1n) is 11.3. The van der Waals surface area contributed by atoms with Crippen molar-refractivity contribution in [1.82, 2.24) is 14.5 Å². The predicted molar refractivity (Wildman–Crippen MR) is 130 cm³/mol. The maximum Gasteiger partial charge on any atom is 0.573 e. The molecule has 2 aromatic carbocycles. The molecule has 0 saturated carbocycles. The van der Waals surface area contributed by atoms with Gasteiger partial charge in [0.05, 0.1) is 23.4 Å². The molecule has 2 heterocycles. The van der Waals surface area contributed by atoms with Gasteiger partial charge in [-0.3, -0.25) is 14.7 Å². The van der Waals surface area contributed by atoms with Crippen molar-refractivity contribution in [3.63, 3.8) is 0 Å². The van der Waals surface area contributed by atoms with E-state index in [-0.39, 0.29) is 18.0 Å². The number of anilines is 1. The zero-order chi connectivity index (χ0) is 27.0. The number of amides is 1. The van der Waals surface area contributed by atoms with Crippen molar-refractivity contribution in [2.75, 3.05) is 5.32 Å². The van der Waals surface area contributed by atoms with Gasteiger partial charge >= 0.3 is 6.36 Å². The lowest BCUT2D eigenvalue weighted by Gasteiger charge is -2.23. The molecule has 0 radical (unpaired) electrons.